The summed E-state index contributed by atoms with van der Waals surface area (Å²) >= 11 is 0. The van der Waals surface area contributed by atoms with E-state index < -0.39 is 10.0 Å². The van der Waals surface area contributed by atoms with E-state index in [0.29, 0.717) is 31.4 Å². The topological polar surface area (TPSA) is 87.5 Å². The molecule has 1 amide bonds. The van der Waals surface area contributed by atoms with E-state index in [2.05, 4.69) is 15.2 Å². The van der Waals surface area contributed by atoms with Crippen molar-refractivity contribution >= 4 is 27.0 Å². The average Bonchev–Trinajstić information content (AvgIpc) is 2.89. The second kappa shape index (κ2) is 10.6. The third kappa shape index (κ3) is 5.84. The highest BCUT2D eigenvalue weighted by atomic mass is 32.2. The highest BCUT2D eigenvalue weighted by Gasteiger charge is 2.19. The lowest BCUT2D eigenvalue weighted by Gasteiger charge is -2.19. The first-order chi connectivity index (χ1) is 14.8. The van der Waals surface area contributed by atoms with Crippen LogP contribution < -0.4 is 5.32 Å². The van der Waals surface area contributed by atoms with E-state index >= 15 is 0 Å². The van der Waals surface area contributed by atoms with Crippen LogP contribution in [-0.4, -0.2) is 73.4 Å². The lowest BCUT2D eigenvalue weighted by atomic mass is 10.2. The van der Waals surface area contributed by atoms with Crippen LogP contribution in [0.2, 0.25) is 0 Å². The van der Waals surface area contributed by atoms with Gasteiger partial charge in [0.2, 0.25) is 15.9 Å². The molecule has 1 aliphatic rings. The number of carbonyl (C=O) groups is 1. The number of amides is 1. The van der Waals surface area contributed by atoms with Gasteiger partial charge in [0.1, 0.15) is 5.82 Å². The minimum absolute atomic E-state index is 0.0282. The minimum atomic E-state index is -3.51. The van der Waals surface area contributed by atoms with Gasteiger partial charge in [-0.3, -0.25) is 4.79 Å². The Labute approximate surface area is 185 Å². The smallest absolute Gasteiger partial charge is 0.242 e. The van der Waals surface area contributed by atoms with Gasteiger partial charge >= 0.3 is 0 Å². The van der Waals surface area contributed by atoms with Gasteiger partial charge in [-0.25, -0.2) is 17.7 Å². The van der Waals surface area contributed by atoms with Crippen molar-refractivity contribution in [1.82, 2.24) is 24.1 Å². The van der Waals surface area contributed by atoms with Gasteiger partial charge in [0.05, 0.1) is 15.9 Å². The Morgan fingerprint density at radius 3 is 2.52 bits per heavy atom. The van der Waals surface area contributed by atoms with E-state index in [-0.39, 0.29) is 10.8 Å². The molecule has 172 valence electrons. The zero-order valence-electron chi connectivity index (χ0n) is 18.9. The van der Waals surface area contributed by atoms with Crippen molar-refractivity contribution in [2.24, 2.45) is 0 Å². The van der Waals surface area contributed by atoms with Crippen LogP contribution in [0.5, 0.6) is 0 Å². The van der Waals surface area contributed by atoms with Gasteiger partial charge in [-0.1, -0.05) is 12.8 Å². The molecular weight excluding hydrogens is 414 g/mol. The number of carbonyl (C=O) groups excluding carboxylic acids is 1. The number of imidazole rings is 1. The lowest BCUT2D eigenvalue weighted by molar-refractivity contribution is -0.121. The molecule has 1 aromatic heterocycles. The van der Waals surface area contributed by atoms with Gasteiger partial charge in [0.15, 0.2) is 0 Å². The fraction of sp³-hybridized carbons (Fsp3) is 0.636. The van der Waals surface area contributed by atoms with Gasteiger partial charge in [-0.15, -0.1) is 0 Å². The van der Waals surface area contributed by atoms with Crippen LogP contribution >= 0.6 is 0 Å². The summed E-state index contributed by atoms with van der Waals surface area (Å²) < 4.78 is 28.1. The van der Waals surface area contributed by atoms with E-state index in [4.69, 9.17) is 0 Å². The van der Waals surface area contributed by atoms with Crippen LogP contribution in [0.1, 0.15) is 44.9 Å². The Hall–Kier alpha value is -1.97. The van der Waals surface area contributed by atoms with Crippen molar-refractivity contribution in [2.45, 2.75) is 56.9 Å². The number of aryl methyl sites for hydroxylation is 2. The number of hydrogen-bond acceptors (Lipinski definition) is 5. The molecule has 31 heavy (non-hydrogen) atoms. The fourth-order valence-corrected chi connectivity index (χ4v) is 5.02. The third-order valence-corrected chi connectivity index (χ3v) is 7.73. The molecule has 8 nitrogen and oxygen atoms in total. The monoisotopic (exact) mass is 449 g/mol. The first-order valence-electron chi connectivity index (χ1n) is 11.2. The minimum Gasteiger partial charge on any atom is -0.355 e. The quantitative estimate of drug-likeness (QED) is 0.634. The Bertz CT molecular complexity index is 992. The number of nitrogens with one attached hydrogen (secondary N) is 1. The second-order valence-corrected chi connectivity index (χ2v) is 10.5. The Morgan fingerprint density at radius 2 is 1.87 bits per heavy atom. The molecule has 1 saturated heterocycles. The summed E-state index contributed by atoms with van der Waals surface area (Å²) in [6, 6.07) is 5.03. The van der Waals surface area contributed by atoms with E-state index in [0.717, 1.165) is 31.0 Å². The molecule has 3 rings (SSSR count). The maximum absolute atomic E-state index is 12.4. The molecule has 0 unspecified atom stereocenters. The predicted molar refractivity (Wildman–Crippen MR) is 123 cm³/mol. The van der Waals surface area contributed by atoms with E-state index in [1.807, 2.05) is 11.5 Å². The van der Waals surface area contributed by atoms with E-state index in [1.54, 1.807) is 18.2 Å². The molecule has 0 saturated carbocycles. The van der Waals surface area contributed by atoms with Crippen LogP contribution in [0, 0.1) is 0 Å². The molecule has 9 heteroatoms. The van der Waals surface area contributed by atoms with E-state index in [1.165, 1.54) is 44.1 Å². The molecule has 1 fully saturated rings. The van der Waals surface area contributed by atoms with Crippen LogP contribution in [0.25, 0.3) is 11.0 Å². The van der Waals surface area contributed by atoms with Gasteiger partial charge in [-0.2, -0.15) is 0 Å². The van der Waals surface area contributed by atoms with Crippen molar-refractivity contribution < 1.29 is 13.2 Å². The highest BCUT2D eigenvalue weighted by molar-refractivity contribution is 7.89. The summed E-state index contributed by atoms with van der Waals surface area (Å²) in [5, 5.41) is 3.03. The maximum atomic E-state index is 12.4. The zero-order valence-corrected chi connectivity index (χ0v) is 19.7. The molecule has 2 heterocycles. The summed E-state index contributed by atoms with van der Waals surface area (Å²) in [4.78, 5) is 19.7. The van der Waals surface area contributed by atoms with Crippen molar-refractivity contribution in [1.29, 1.82) is 0 Å². The van der Waals surface area contributed by atoms with Crippen molar-refractivity contribution in [3.63, 3.8) is 0 Å². The van der Waals surface area contributed by atoms with Crippen LogP contribution in [0.15, 0.2) is 23.1 Å². The van der Waals surface area contributed by atoms with Gasteiger partial charge < -0.3 is 14.8 Å². The maximum Gasteiger partial charge on any atom is 0.242 e. The number of rotatable bonds is 9. The summed E-state index contributed by atoms with van der Waals surface area (Å²) in [7, 11) is -0.481. The van der Waals surface area contributed by atoms with E-state index in [9.17, 15) is 13.2 Å². The van der Waals surface area contributed by atoms with Gasteiger partial charge in [-0.05, 0) is 51.1 Å². The molecule has 1 aliphatic heterocycles. The summed E-state index contributed by atoms with van der Waals surface area (Å²) in [5.74, 6) is 0.833. The first-order valence-corrected chi connectivity index (χ1v) is 12.7. The number of hydrogen-bond donors (Lipinski definition) is 1. The number of nitrogens with zero attached hydrogens (tertiary/aromatic N) is 4. The molecule has 0 aliphatic carbocycles. The first kappa shape index (κ1) is 23.7. The van der Waals surface area contributed by atoms with Crippen molar-refractivity contribution in [3.8, 4) is 0 Å². The second-order valence-electron chi connectivity index (χ2n) is 8.32. The largest absolute Gasteiger partial charge is 0.355 e. The van der Waals surface area contributed by atoms with Crippen LogP contribution in [0.4, 0.5) is 0 Å². The number of fused-ring (bicyclic) bond motifs is 1. The van der Waals surface area contributed by atoms with Crippen molar-refractivity contribution in [3.05, 3.63) is 24.0 Å². The molecule has 0 atom stereocenters. The summed E-state index contributed by atoms with van der Waals surface area (Å²) in [6.07, 6.45) is 6.01. The van der Waals surface area contributed by atoms with Crippen LogP contribution in [-0.2, 0) is 27.8 Å². The average molecular weight is 450 g/mol. The normalized spacial score (nSPS) is 16.0. The molecular formula is C22H35N5O3S. The SMILES string of the molecule is CCn1c(CCC(=O)NCCN2CCCCCC2)nc2cc(S(=O)(=O)N(C)C)ccc21. The molecule has 1 N–H and O–H groups in total. The number of sulfonamides is 1. The molecule has 0 radical (unpaired) electrons. The summed E-state index contributed by atoms with van der Waals surface area (Å²) in [5.41, 5.74) is 1.53. The summed E-state index contributed by atoms with van der Waals surface area (Å²) in [6.45, 7) is 6.57. The zero-order chi connectivity index (χ0) is 22.4. The predicted octanol–water partition coefficient (Wildman–Crippen LogP) is 2.23. The highest BCUT2D eigenvalue weighted by Crippen LogP contribution is 2.22. The standard InChI is InChI=1S/C22H35N5O3S/c1-4-27-20-10-9-18(31(29,30)25(2)3)17-19(20)24-21(27)11-12-22(28)23-13-16-26-14-7-5-6-8-15-26/h9-10,17H,4-8,11-16H2,1-3H3,(H,23,28). The van der Waals surface area contributed by atoms with Crippen molar-refractivity contribution in [2.75, 3.05) is 40.3 Å². The molecule has 0 bridgehead atoms. The molecule has 1 aromatic carbocycles. The van der Waals surface area contributed by atoms with Crippen LogP contribution in [0.3, 0.4) is 0 Å². The fourth-order valence-electron chi connectivity index (χ4n) is 4.10. The molecule has 0 spiro atoms. The number of aromatic nitrogens is 2. The molecule has 2 aromatic rings. The Kier molecular flexibility index (Phi) is 8.07. The number of likely N-dealkylation sites (tertiary alicyclic amines) is 1. The number of benzene rings is 1. The van der Waals surface area contributed by atoms with Gasteiger partial charge in [0.25, 0.3) is 0 Å². The van der Waals surface area contributed by atoms with Gasteiger partial charge in [0, 0.05) is 46.6 Å². The Morgan fingerprint density at radius 1 is 1.16 bits per heavy atom. The third-order valence-electron chi connectivity index (χ3n) is 5.92. The Balaban J connectivity index is 1.60. The lowest BCUT2D eigenvalue weighted by Crippen LogP contribution is -2.35.